The highest BCUT2D eigenvalue weighted by Crippen LogP contribution is 2.21. The number of piperidine rings is 1. The first-order valence-corrected chi connectivity index (χ1v) is 5.09. The molecule has 1 atom stereocenters. The molecule has 15 heavy (non-hydrogen) atoms. The maximum atomic E-state index is 9.56. The SMILES string of the molecule is N#Cc1ncccc1N1CCC[C@H](O)C1. The predicted octanol–water partition coefficient (Wildman–Crippen LogP) is 0.914. The van der Waals surface area contributed by atoms with E-state index in [0.717, 1.165) is 25.1 Å². The standard InChI is InChI=1S/C11H13N3O/c12-7-10-11(4-1-5-13-10)14-6-2-3-9(15)8-14/h1,4-5,9,15H,2-3,6,8H2/t9-/m0/s1. The second-order valence-corrected chi connectivity index (χ2v) is 3.73. The zero-order valence-electron chi connectivity index (χ0n) is 8.43. The van der Waals surface area contributed by atoms with Crippen molar-refractivity contribution in [3.05, 3.63) is 24.0 Å². The molecular weight excluding hydrogens is 190 g/mol. The average Bonchev–Trinajstić information content (AvgIpc) is 2.29. The quantitative estimate of drug-likeness (QED) is 0.737. The third-order valence-electron chi connectivity index (χ3n) is 2.63. The van der Waals surface area contributed by atoms with Crippen LogP contribution in [0.2, 0.25) is 0 Å². The van der Waals surface area contributed by atoms with E-state index in [1.165, 1.54) is 0 Å². The van der Waals surface area contributed by atoms with Crippen LogP contribution in [0, 0.1) is 11.3 Å². The average molecular weight is 203 g/mol. The van der Waals surface area contributed by atoms with E-state index in [1.54, 1.807) is 6.20 Å². The Morgan fingerprint density at radius 2 is 2.47 bits per heavy atom. The molecule has 0 aromatic carbocycles. The molecule has 4 nitrogen and oxygen atoms in total. The van der Waals surface area contributed by atoms with Gasteiger partial charge in [-0.2, -0.15) is 5.26 Å². The van der Waals surface area contributed by atoms with Crippen LogP contribution >= 0.6 is 0 Å². The number of aromatic nitrogens is 1. The fourth-order valence-electron chi connectivity index (χ4n) is 1.91. The van der Waals surface area contributed by atoms with Gasteiger partial charge in [-0.15, -0.1) is 0 Å². The Labute approximate surface area is 88.8 Å². The number of hydrogen-bond donors (Lipinski definition) is 1. The van der Waals surface area contributed by atoms with E-state index >= 15 is 0 Å². The number of anilines is 1. The van der Waals surface area contributed by atoms with Gasteiger partial charge in [0.1, 0.15) is 6.07 Å². The highest BCUT2D eigenvalue weighted by atomic mass is 16.3. The van der Waals surface area contributed by atoms with Gasteiger partial charge in [-0.05, 0) is 25.0 Å². The largest absolute Gasteiger partial charge is 0.391 e. The Bertz CT molecular complexity index is 386. The molecule has 0 amide bonds. The van der Waals surface area contributed by atoms with Crippen LogP contribution < -0.4 is 4.90 Å². The highest BCUT2D eigenvalue weighted by Gasteiger charge is 2.20. The minimum Gasteiger partial charge on any atom is -0.391 e. The fraction of sp³-hybridized carbons (Fsp3) is 0.455. The summed E-state index contributed by atoms with van der Waals surface area (Å²) in [5, 5.41) is 18.5. The number of rotatable bonds is 1. The first-order valence-electron chi connectivity index (χ1n) is 5.09. The smallest absolute Gasteiger partial charge is 0.163 e. The Morgan fingerprint density at radius 3 is 3.20 bits per heavy atom. The van der Waals surface area contributed by atoms with Crippen LogP contribution in [0.5, 0.6) is 0 Å². The van der Waals surface area contributed by atoms with Crippen molar-refractivity contribution in [1.82, 2.24) is 4.98 Å². The minimum absolute atomic E-state index is 0.287. The molecular formula is C11H13N3O. The van der Waals surface area contributed by atoms with Gasteiger partial charge < -0.3 is 10.0 Å². The van der Waals surface area contributed by atoms with Gasteiger partial charge in [-0.3, -0.25) is 0 Å². The number of pyridine rings is 1. The summed E-state index contributed by atoms with van der Waals surface area (Å²) >= 11 is 0. The topological polar surface area (TPSA) is 60.2 Å². The van der Waals surface area contributed by atoms with Crippen molar-refractivity contribution < 1.29 is 5.11 Å². The molecule has 2 rings (SSSR count). The number of nitriles is 1. The summed E-state index contributed by atoms with van der Waals surface area (Å²) in [7, 11) is 0. The van der Waals surface area contributed by atoms with E-state index in [1.807, 2.05) is 17.0 Å². The molecule has 4 heteroatoms. The molecule has 0 unspecified atom stereocenters. The van der Waals surface area contributed by atoms with Gasteiger partial charge in [0.25, 0.3) is 0 Å². The van der Waals surface area contributed by atoms with E-state index in [-0.39, 0.29) is 6.10 Å². The van der Waals surface area contributed by atoms with Crippen molar-refractivity contribution in [2.24, 2.45) is 0 Å². The van der Waals surface area contributed by atoms with E-state index in [0.29, 0.717) is 12.2 Å². The number of hydrogen-bond acceptors (Lipinski definition) is 4. The predicted molar refractivity (Wildman–Crippen MR) is 56.4 cm³/mol. The minimum atomic E-state index is -0.287. The van der Waals surface area contributed by atoms with Crippen molar-refractivity contribution >= 4 is 5.69 Å². The van der Waals surface area contributed by atoms with E-state index in [4.69, 9.17) is 5.26 Å². The van der Waals surface area contributed by atoms with Gasteiger partial charge in [-0.25, -0.2) is 4.98 Å². The maximum absolute atomic E-state index is 9.56. The third-order valence-corrected chi connectivity index (χ3v) is 2.63. The van der Waals surface area contributed by atoms with E-state index in [2.05, 4.69) is 11.1 Å². The lowest BCUT2D eigenvalue weighted by atomic mass is 10.1. The summed E-state index contributed by atoms with van der Waals surface area (Å²) in [4.78, 5) is 6.04. The molecule has 1 saturated heterocycles. The maximum Gasteiger partial charge on any atom is 0.163 e. The molecule has 1 N–H and O–H groups in total. The number of aliphatic hydroxyl groups is 1. The van der Waals surface area contributed by atoms with Crippen molar-refractivity contribution in [3.63, 3.8) is 0 Å². The Balaban J connectivity index is 2.25. The molecule has 1 aromatic rings. The van der Waals surface area contributed by atoms with Crippen molar-refractivity contribution in [2.45, 2.75) is 18.9 Å². The van der Waals surface area contributed by atoms with Crippen molar-refractivity contribution in [1.29, 1.82) is 5.26 Å². The lowest BCUT2D eigenvalue weighted by Gasteiger charge is -2.32. The lowest BCUT2D eigenvalue weighted by molar-refractivity contribution is 0.154. The molecule has 1 aromatic heterocycles. The van der Waals surface area contributed by atoms with Gasteiger partial charge in [0.15, 0.2) is 5.69 Å². The summed E-state index contributed by atoms with van der Waals surface area (Å²) < 4.78 is 0. The normalized spacial score (nSPS) is 21.1. The molecule has 0 radical (unpaired) electrons. The molecule has 0 spiro atoms. The van der Waals surface area contributed by atoms with Gasteiger partial charge >= 0.3 is 0 Å². The molecule has 78 valence electrons. The molecule has 0 aliphatic carbocycles. The third kappa shape index (κ3) is 2.08. The molecule has 1 aliphatic heterocycles. The van der Waals surface area contributed by atoms with Crippen LogP contribution in [0.15, 0.2) is 18.3 Å². The van der Waals surface area contributed by atoms with Crippen LogP contribution in [0.25, 0.3) is 0 Å². The summed E-state index contributed by atoms with van der Waals surface area (Å²) in [6.45, 7) is 1.48. The second-order valence-electron chi connectivity index (χ2n) is 3.73. The van der Waals surface area contributed by atoms with Gasteiger partial charge in [0, 0.05) is 19.3 Å². The van der Waals surface area contributed by atoms with Gasteiger partial charge in [0.2, 0.25) is 0 Å². The van der Waals surface area contributed by atoms with Crippen LogP contribution in [0.1, 0.15) is 18.5 Å². The van der Waals surface area contributed by atoms with Crippen molar-refractivity contribution in [3.8, 4) is 6.07 Å². The summed E-state index contributed by atoms with van der Waals surface area (Å²) in [5.41, 5.74) is 1.27. The van der Waals surface area contributed by atoms with Gasteiger partial charge in [-0.1, -0.05) is 0 Å². The van der Waals surface area contributed by atoms with Crippen LogP contribution in [-0.2, 0) is 0 Å². The Hall–Kier alpha value is -1.60. The van der Waals surface area contributed by atoms with E-state index in [9.17, 15) is 5.11 Å². The summed E-state index contributed by atoms with van der Waals surface area (Å²) in [5.74, 6) is 0. The first kappa shape index (κ1) is 9.94. The monoisotopic (exact) mass is 203 g/mol. The van der Waals surface area contributed by atoms with Gasteiger partial charge in [0.05, 0.1) is 11.8 Å². The zero-order chi connectivity index (χ0) is 10.7. The summed E-state index contributed by atoms with van der Waals surface area (Å²) in [6, 6.07) is 5.77. The van der Waals surface area contributed by atoms with Crippen LogP contribution in [-0.4, -0.2) is 29.3 Å². The molecule has 2 heterocycles. The number of nitrogens with zero attached hydrogens (tertiary/aromatic N) is 3. The number of aliphatic hydroxyl groups excluding tert-OH is 1. The molecule has 0 bridgehead atoms. The zero-order valence-corrected chi connectivity index (χ0v) is 8.43. The fourth-order valence-corrected chi connectivity index (χ4v) is 1.91. The van der Waals surface area contributed by atoms with Crippen molar-refractivity contribution in [2.75, 3.05) is 18.0 Å². The Kier molecular flexibility index (Phi) is 2.84. The van der Waals surface area contributed by atoms with Crippen LogP contribution in [0.4, 0.5) is 5.69 Å². The Morgan fingerprint density at radius 1 is 1.60 bits per heavy atom. The molecule has 1 fully saturated rings. The summed E-state index contributed by atoms with van der Waals surface area (Å²) in [6.07, 6.45) is 3.13. The second kappa shape index (κ2) is 4.28. The molecule has 0 saturated carbocycles. The van der Waals surface area contributed by atoms with Crippen LogP contribution in [0.3, 0.4) is 0 Å². The van der Waals surface area contributed by atoms with E-state index < -0.39 is 0 Å². The highest BCUT2D eigenvalue weighted by molar-refractivity contribution is 5.55. The first-order chi connectivity index (χ1) is 7.31. The number of β-amino-alcohol motifs (C(OH)–C–C–N with tert-alkyl or cyclic N) is 1. The molecule has 1 aliphatic rings. The lowest BCUT2D eigenvalue weighted by Crippen LogP contribution is -2.38.